The van der Waals surface area contributed by atoms with E-state index in [1.165, 1.54) is 0 Å². The zero-order chi connectivity index (χ0) is 15.5. The highest BCUT2D eigenvalue weighted by molar-refractivity contribution is 6.33. The van der Waals surface area contributed by atoms with Gasteiger partial charge in [-0.2, -0.15) is 0 Å². The van der Waals surface area contributed by atoms with E-state index in [2.05, 4.69) is 10.3 Å². The molecule has 1 aromatic heterocycles. The molecule has 6 heteroatoms. The molecule has 0 unspecified atom stereocenters. The summed E-state index contributed by atoms with van der Waals surface area (Å²) in [7, 11) is 0. The summed E-state index contributed by atoms with van der Waals surface area (Å²) in [6.07, 6.45) is 6.05. The van der Waals surface area contributed by atoms with Gasteiger partial charge in [0, 0.05) is 24.4 Å². The van der Waals surface area contributed by atoms with Gasteiger partial charge in [-0.3, -0.25) is 4.79 Å². The third kappa shape index (κ3) is 4.31. The van der Waals surface area contributed by atoms with Gasteiger partial charge in [0.25, 0.3) is 0 Å². The van der Waals surface area contributed by atoms with Crippen LogP contribution in [0.15, 0.2) is 36.9 Å². The molecule has 0 fully saturated rings. The van der Waals surface area contributed by atoms with E-state index in [1.807, 2.05) is 19.9 Å². The summed E-state index contributed by atoms with van der Waals surface area (Å²) in [5.74, 6) is -0.0860. The van der Waals surface area contributed by atoms with Crippen molar-refractivity contribution in [2.24, 2.45) is 5.73 Å². The molecule has 3 N–H and O–H groups in total. The summed E-state index contributed by atoms with van der Waals surface area (Å²) in [6, 6.07) is 5.38. The number of nitrogens with zero attached hydrogens (tertiary/aromatic N) is 2. The second-order valence-electron chi connectivity index (χ2n) is 5.64. The van der Waals surface area contributed by atoms with Crippen LogP contribution in [0.1, 0.15) is 26.7 Å². The number of imidazole rings is 1. The minimum Gasteiger partial charge on any atom is -0.326 e. The Morgan fingerprint density at radius 3 is 2.86 bits per heavy atom. The Labute approximate surface area is 129 Å². The van der Waals surface area contributed by atoms with E-state index in [0.29, 0.717) is 29.2 Å². The van der Waals surface area contributed by atoms with Crippen LogP contribution in [0.3, 0.4) is 0 Å². The van der Waals surface area contributed by atoms with Gasteiger partial charge in [0.15, 0.2) is 0 Å². The number of benzene rings is 1. The lowest BCUT2D eigenvalue weighted by atomic mass is 10.00. The number of carbonyl (C=O) groups excluding carboxylic acids is 1. The molecule has 0 bridgehead atoms. The smallest absolute Gasteiger partial charge is 0.224 e. The maximum Gasteiger partial charge on any atom is 0.224 e. The Hall–Kier alpha value is -1.85. The number of para-hydroxylation sites is 1. The van der Waals surface area contributed by atoms with Crippen molar-refractivity contribution < 1.29 is 4.79 Å². The predicted octanol–water partition coefficient (Wildman–Crippen LogP) is 2.98. The van der Waals surface area contributed by atoms with Crippen molar-refractivity contribution in [1.29, 1.82) is 0 Å². The fourth-order valence-corrected chi connectivity index (χ4v) is 2.19. The van der Waals surface area contributed by atoms with Crippen LogP contribution < -0.4 is 11.1 Å². The molecule has 112 valence electrons. The van der Waals surface area contributed by atoms with Crippen molar-refractivity contribution in [3.05, 3.63) is 41.9 Å². The number of hydrogen-bond donors (Lipinski definition) is 2. The number of rotatable bonds is 5. The SMILES string of the molecule is CC(C)(N)CCC(=O)Nc1cccc(Cl)c1-n1ccnc1. The molecule has 1 aromatic carbocycles. The molecule has 0 spiro atoms. The molecule has 0 aliphatic heterocycles. The minimum atomic E-state index is -0.362. The van der Waals surface area contributed by atoms with E-state index in [1.54, 1.807) is 35.4 Å². The van der Waals surface area contributed by atoms with Gasteiger partial charge >= 0.3 is 0 Å². The van der Waals surface area contributed by atoms with Gasteiger partial charge in [-0.1, -0.05) is 17.7 Å². The van der Waals surface area contributed by atoms with Gasteiger partial charge in [-0.25, -0.2) is 4.98 Å². The Kier molecular flexibility index (Phi) is 4.65. The molecule has 0 atom stereocenters. The summed E-state index contributed by atoms with van der Waals surface area (Å²) in [6.45, 7) is 3.80. The molecule has 1 amide bonds. The van der Waals surface area contributed by atoms with Crippen LogP contribution in [-0.4, -0.2) is 21.0 Å². The fraction of sp³-hybridized carbons (Fsp3) is 0.333. The quantitative estimate of drug-likeness (QED) is 0.892. The van der Waals surface area contributed by atoms with Crippen LogP contribution in [0.2, 0.25) is 5.02 Å². The monoisotopic (exact) mass is 306 g/mol. The molecule has 2 rings (SSSR count). The van der Waals surface area contributed by atoms with E-state index in [-0.39, 0.29) is 11.4 Å². The lowest BCUT2D eigenvalue weighted by Crippen LogP contribution is -2.33. The molecule has 21 heavy (non-hydrogen) atoms. The van der Waals surface area contributed by atoms with Crippen LogP contribution in [0.5, 0.6) is 0 Å². The van der Waals surface area contributed by atoms with Crippen molar-refractivity contribution in [3.8, 4) is 5.69 Å². The zero-order valence-electron chi connectivity index (χ0n) is 12.1. The molecule has 0 saturated carbocycles. The lowest BCUT2D eigenvalue weighted by Gasteiger charge is -2.18. The predicted molar refractivity (Wildman–Crippen MR) is 84.7 cm³/mol. The average molecular weight is 307 g/mol. The Bertz CT molecular complexity index is 617. The Morgan fingerprint density at radius 2 is 2.24 bits per heavy atom. The van der Waals surface area contributed by atoms with Crippen molar-refractivity contribution in [1.82, 2.24) is 9.55 Å². The van der Waals surface area contributed by atoms with Crippen LogP contribution in [0.4, 0.5) is 5.69 Å². The highest BCUT2D eigenvalue weighted by atomic mass is 35.5. The van der Waals surface area contributed by atoms with Gasteiger partial charge < -0.3 is 15.6 Å². The molecule has 0 aliphatic carbocycles. The molecule has 0 radical (unpaired) electrons. The number of carbonyl (C=O) groups is 1. The molecule has 1 heterocycles. The van der Waals surface area contributed by atoms with Gasteiger partial charge in [-0.15, -0.1) is 0 Å². The lowest BCUT2D eigenvalue weighted by molar-refractivity contribution is -0.116. The maximum atomic E-state index is 12.1. The van der Waals surface area contributed by atoms with Crippen molar-refractivity contribution in [3.63, 3.8) is 0 Å². The number of nitrogens with one attached hydrogen (secondary N) is 1. The number of halogens is 1. The normalized spacial score (nSPS) is 11.4. The van der Waals surface area contributed by atoms with Gasteiger partial charge in [-0.05, 0) is 32.4 Å². The Morgan fingerprint density at radius 1 is 1.48 bits per heavy atom. The van der Waals surface area contributed by atoms with Crippen LogP contribution in [0, 0.1) is 0 Å². The van der Waals surface area contributed by atoms with Crippen LogP contribution in [0.25, 0.3) is 5.69 Å². The van der Waals surface area contributed by atoms with Gasteiger partial charge in [0.05, 0.1) is 22.7 Å². The van der Waals surface area contributed by atoms with Gasteiger partial charge in [0.2, 0.25) is 5.91 Å². The number of amides is 1. The van der Waals surface area contributed by atoms with E-state index in [0.717, 1.165) is 0 Å². The molecule has 2 aromatic rings. The number of hydrogen-bond acceptors (Lipinski definition) is 3. The fourth-order valence-electron chi connectivity index (χ4n) is 1.92. The van der Waals surface area contributed by atoms with E-state index in [4.69, 9.17) is 17.3 Å². The average Bonchev–Trinajstić information content (AvgIpc) is 2.89. The Balaban J connectivity index is 2.17. The first kappa shape index (κ1) is 15.5. The summed E-state index contributed by atoms with van der Waals surface area (Å²) in [5.41, 5.74) is 6.89. The topological polar surface area (TPSA) is 72.9 Å². The van der Waals surface area contributed by atoms with Crippen LogP contribution >= 0.6 is 11.6 Å². The van der Waals surface area contributed by atoms with Crippen molar-refractivity contribution in [2.45, 2.75) is 32.2 Å². The largest absolute Gasteiger partial charge is 0.326 e. The summed E-state index contributed by atoms with van der Waals surface area (Å²) in [5, 5.41) is 3.43. The molecular weight excluding hydrogens is 288 g/mol. The molecule has 0 aliphatic rings. The highest BCUT2D eigenvalue weighted by Crippen LogP contribution is 2.28. The van der Waals surface area contributed by atoms with E-state index >= 15 is 0 Å². The van der Waals surface area contributed by atoms with Crippen molar-refractivity contribution >= 4 is 23.2 Å². The summed E-state index contributed by atoms with van der Waals surface area (Å²) in [4.78, 5) is 16.1. The second kappa shape index (κ2) is 6.28. The number of aromatic nitrogens is 2. The van der Waals surface area contributed by atoms with E-state index in [9.17, 15) is 4.79 Å². The summed E-state index contributed by atoms with van der Waals surface area (Å²) >= 11 is 6.23. The molecule has 0 saturated heterocycles. The zero-order valence-corrected chi connectivity index (χ0v) is 12.9. The van der Waals surface area contributed by atoms with Crippen LogP contribution in [-0.2, 0) is 4.79 Å². The number of anilines is 1. The van der Waals surface area contributed by atoms with Crippen molar-refractivity contribution in [2.75, 3.05) is 5.32 Å². The number of nitrogens with two attached hydrogens (primary N) is 1. The van der Waals surface area contributed by atoms with Gasteiger partial charge in [0.1, 0.15) is 0 Å². The highest BCUT2D eigenvalue weighted by Gasteiger charge is 2.15. The minimum absolute atomic E-state index is 0.0860. The maximum absolute atomic E-state index is 12.1. The summed E-state index contributed by atoms with van der Waals surface area (Å²) < 4.78 is 1.77. The van der Waals surface area contributed by atoms with E-state index < -0.39 is 0 Å². The first-order valence-electron chi connectivity index (χ1n) is 6.72. The molecule has 5 nitrogen and oxygen atoms in total. The third-order valence-corrected chi connectivity index (χ3v) is 3.32. The second-order valence-corrected chi connectivity index (χ2v) is 6.05. The first-order chi connectivity index (χ1) is 9.87. The molecular formula is C15H19ClN4O. The third-order valence-electron chi connectivity index (χ3n) is 3.02. The standard InChI is InChI=1S/C15H19ClN4O/c1-15(2,17)7-6-13(21)19-12-5-3-4-11(16)14(12)20-9-8-18-10-20/h3-5,8-10H,6-7,17H2,1-2H3,(H,19,21). The first-order valence-corrected chi connectivity index (χ1v) is 7.10.